The van der Waals surface area contributed by atoms with E-state index in [2.05, 4.69) is 13.0 Å². The molecule has 0 spiro atoms. The first-order valence-electron chi connectivity index (χ1n) is 4.81. The van der Waals surface area contributed by atoms with E-state index < -0.39 is 0 Å². The van der Waals surface area contributed by atoms with Crippen molar-refractivity contribution in [1.82, 2.24) is 0 Å². The van der Waals surface area contributed by atoms with Gasteiger partial charge in [-0.1, -0.05) is 38.0 Å². The van der Waals surface area contributed by atoms with Crippen LogP contribution in [0.4, 0.5) is 0 Å². The Labute approximate surface area is 80.5 Å². The maximum Gasteiger partial charge on any atom is 0.244 e. The third-order valence-electron chi connectivity index (χ3n) is 1.85. The molecule has 0 saturated heterocycles. The standard InChI is InChI=1S/C11H19NO/c1-3-4-5-6-7-8-9-10(2)11(12)13/h7-9H,3-6H2,1-2H3,(H2,12,13). The average molecular weight is 181 g/mol. The summed E-state index contributed by atoms with van der Waals surface area (Å²) < 4.78 is 0. The first-order valence-corrected chi connectivity index (χ1v) is 4.81. The van der Waals surface area contributed by atoms with Crippen LogP contribution >= 0.6 is 0 Å². The molecule has 0 fully saturated rings. The number of hydrogen-bond donors (Lipinski definition) is 1. The zero-order valence-corrected chi connectivity index (χ0v) is 8.55. The van der Waals surface area contributed by atoms with Crippen molar-refractivity contribution in [3.05, 3.63) is 23.8 Å². The van der Waals surface area contributed by atoms with Gasteiger partial charge in [0.05, 0.1) is 0 Å². The van der Waals surface area contributed by atoms with E-state index >= 15 is 0 Å². The highest BCUT2D eigenvalue weighted by atomic mass is 16.1. The van der Waals surface area contributed by atoms with Gasteiger partial charge in [-0.15, -0.1) is 0 Å². The highest BCUT2D eigenvalue weighted by Crippen LogP contribution is 2.00. The van der Waals surface area contributed by atoms with Crippen LogP contribution in [0, 0.1) is 0 Å². The molecule has 2 N–H and O–H groups in total. The highest BCUT2D eigenvalue weighted by molar-refractivity contribution is 5.91. The Bertz CT molecular complexity index is 204. The Kier molecular flexibility index (Phi) is 6.98. The van der Waals surface area contributed by atoms with Gasteiger partial charge in [0, 0.05) is 5.57 Å². The fourth-order valence-electron chi connectivity index (χ4n) is 0.903. The lowest BCUT2D eigenvalue weighted by Crippen LogP contribution is -2.11. The summed E-state index contributed by atoms with van der Waals surface area (Å²) in [5, 5.41) is 0. The van der Waals surface area contributed by atoms with Crippen LogP contribution in [0.1, 0.15) is 39.5 Å². The summed E-state index contributed by atoms with van der Waals surface area (Å²) in [5.74, 6) is -0.349. The summed E-state index contributed by atoms with van der Waals surface area (Å²) in [5.41, 5.74) is 5.66. The van der Waals surface area contributed by atoms with E-state index in [4.69, 9.17) is 5.73 Å². The van der Waals surface area contributed by atoms with Crippen molar-refractivity contribution in [1.29, 1.82) is 0 Å². The SMILES string of the molecule is CCCCCC=CC=C(C)C(N)=O. The molecule has 0 radical (unpaired) electrons. The molecule has 2 heteroatoms. The number of primary amides is 1. The third kappa shape index (κ3) is 7.32. The predicted octanol–water partition coefficient (Wildman–Crippen LogP) is 2.55. The summed E-state index contributed by atoms with van der Waals surface area (Å²) in [7, 11) is 0. The van der Waals surface area contributed by atoms with Crippen LogP contribution in [-0.4, -0.2) is 5.91 Å². The number of rotatable bonds is 6. The molecule has 0 atom stereocenters. The van der Waals surface area contributed by atoms with Crippen molar-refractivity contribution in [3.63, 3.8) is 0 Å². The molecular formula is C11H19NO. The van der Waals surface area contributed by atoms with Crippen LogP contribution in [0.25, 0.3) is 0 Å². The van der Waals surface area contributed by atoms with E-state index in [0.29, 0.717) is 5.57 Å². The molecule has 0 aliphatic carbocycles. The molecule has 0 aliphatic heterocycles. The van der Waals surface area contributed by atoms with Gasteiger partial charge in [0.25, 0.3) is 0 Å². The smallest absolute Gasteiger partial charge is 0.244 e. The molecule has 0 unspecified atom stereocenters. The minimum atomic E-state index is -0.349. The largest absolute Gasteiger partial charge is 0.366 e. The van der Waals surface area contributed by atoms with Gasteiger partial charge in [0.2, 0.25) is 5.91 Å². The maximum atomic E-state index is 10.6. The number of unbranched alkanes of at least 4 members (excludes halogenated alkanes) is 3. The van der Waals surface area contributed by atoms with Gasteiger partial charge in [-0.2, -0.15) is 0 Å². The number of carbonyl (C=O) groups is 1. The van der Waals surface area contributed by atoms with Gasteiger partial charge in [0.15, 0.2) is 0 Å². The number of carbonyl (C=O) groups excluding carboxylic acids is 1. The van der Waals surface area contributed by atoms with Crippen molar-refractivity contribution >= 4 is 5.91 Å². The van der Waals surface area contributed by atoms with E-state index in [-0.39, 0.29) is 5.91 Å². The molecule has 0 rings (SSSR count). The maximum absolute atomic E-state index is 10.6. The first-order chi connectivity index (χ1) is 6.18. The zero-order chi connectivity index (χ0) is 10.1. The molecule has 0 bridgehead atoms. The first kappa shape index (κ1) is 11.9. The van der Waals surface area contributed by atoms with Gasteiger partial charge in [-0.25, -0.2) is 0 Å². The second kappa shape index (κ2) is 7.59. The Hall–Kier alpha value is -1.05. The quantitative estimate of drug-likeness (QED) is 0.382. The lowest BCUT2D eigenvalue weighted by atomic mass is 10.2. The molecule has 0 aliphatic rings. The Morgan fingerprint density at radius 3 is 2.62 bits per heavy atom. The van der Waals surface area contributed by atoms with Gasteiger partial charge >= 0.3 is 0 Å². The molecule has 0 aromatic carbocycles. The summed E-state index contributed by atoms with van der Waals surface area (Å²) in [6, 6.07) is 0. The van der Waals surface area contributed by atoms with Crippen molar-refractivity contribution in [2.24, 2.45) is 5.73 Å². The minimum Gasteiger partial charge on any atom is -0.366 e. The normalized spacial score (nSPS) is 12.3. The Balaban J connectivity index is 3.62. The van der Waals surface area contributed by atoms with Crippen molar-refractivity contribution in [2.45, 2.75) is 39.5 Å². The van der Waals surface area contributed by atoms with Crippen molar-refractivity contribution < 1.29 is 4.79 Å². The van der Waals surface area contributed by atoms with E-state index in [0.717, 1.165) is 6.42 Å². The van der Waals surface area contributed by atoms with E-state index in [1.54, 1.807) is 13.0 Å². The summed E-state index contributed by atoms with van der Waals surface area (Å²) >= 11 is 0. The molecule has 2 nitrogen and oxygen atoms in total. The number of allylic oxidation sites excluding steroid dienone is 3. The molecule has 0 heterocycles. The van der Waals surface area contributed by atoms with Gasteiger partial charge < -0.3 is 5.73 Å². The Morgan fingerprint density at radius 2 is 2.08 bits per heavy atom. The van der Waals surface area contributed by atoms with Crippen molar-refractivity contribution in [2.75, 3.05) is 0 Å². The number of amides is 1. The lowest BCUT2D eigenvalue weighted by molar-refractivity contribution is -0.114. The second-order valence-electron chi connectivity index (χ2n) is 3.14. The molecule has 74 valence electrons. The van der Waals surface area contributed by atoms with Gasteiger partial charge in [-0.05, 0) is 19.8 Å². The van der Waals surface area contributed by atoms with E-state index in [1.807, 2.05) is 6.08 Å². The summed E-state index contributed by atoms with van der Waals surface area (Å²) in [4.78, 5) is 10.6. The highest BCUT2D eigenvalue weighted by Gasteiger charge is 1.92. The molecule has 0 aromatic rings. The lowest BCUT2D eigenvalue weighted by Gasteiger charge is -1.91. The van der Waals surface area contributed by atoms with Crippen molar-refractivity contribution in [3.8, 4) is 0 Å². The predicted molar refractivity (Wildman–Crippen MR) is 56.2 cm³/mol. The van der Waals surface area contributed by atoms with Crippen LogP contribution in [0.15, 0.2) is 23.8 Å². The Morgan fingerprint density at radius 1 is 1.38 bits per heavy atom. The fraction of sp³-hybridized carbons (Fsp3) is 0.545. The molecule has 13 heavy (non-hydrogen) atoms. The summed E-state index contributed by atoms with van der Waals surface area (Å²) in [6.45, 7) is 3.90. The van der Waals surface area contributed by atoms with Crippen LogP contribution in [0.5, 0.6) is 0 Å². The van der Waals surface area contributed by atoms with Crippen LogP contribution in [-0.2, 0) is 4.79 Å². The summed E-state index contributed by atoms with van der Waals surface area (Å²) in [6.07, 6.45) is 10.5. The second-order valence-corrected chi connectivity index (χ2v) is 3.14. The topological polar surface area (TPSA) is 43.1 Å². The molecule has 0 saturated carbocycles. The number of hydrogen-bond acceptors (Lipinski definition) is 1. The average Bonchev–Trinajstić information content (AvgIpc) is 2.10. The van der Waals surface area contributed by atoms with Gasteiger partial charge in [0.1, 0.15) is 0 Å². The number of nitrogens with two attached hydrogens (primary N) is 1. The molecule has 0 aromatic heterocycles. The van der Waals surface area contributed by atoms with Crippen LogP contribution in [0.2, 0.25) is 0 Å². The molecule has 1 amide bonds. The third-order valence-corrected chi connectivity index (χ3v) is 1.85. The monoisotopic (exact) mass is 181 g/mol. The fourth-order valence-corrected chi connectivity index (χ4v) is 0.903. The van der Waals surface area contributed by atoms with Crippen LogP contribution in [0.3, 0.4) is 0 Å². The zero-order valence-electron chi connectivity index (χ0n) is 8.55. The van der Waals surface area contributed by atoms with E-state index in [1.165, 1.54) is 19.3 Å². The van der Waals surface area contributed by atoms with Crippen LogP contribution < -0.4 is 5.73 Å². The molecular weight excluding hydrogens is 162 g/mol. The minimum absolute atomic E-state index is 0.349. The van der Waals surface area contributed by atoms with Gasteiger partial charge in [-0.3, -0.25) is 4.79 Å². The van der Waals surface area contributed by atoms with E-state index in [9.17, 15) is 4.79 Å².